The van der Waals surface area contributed by atoms with Crippen LogP contribution in [0.5, 0.6) is 0 Å². The van der Waals surface area contributed by atoms with Gasteiger partial charge >= 0.3 is 6.09 Å². The second kappa shape index (κ2) is 7.15. The molecule has 130 valence electrons. The van der Waals surface area contributed by atoms with Crippen LogP contribution in [0.15, 0.2) is 5.51 Å². The lowest BCUT2D eigenvalue weighted by molar-refractivity contribution is 0.0252. The fraction of sp³-hybridized carbons (Fsp3) is 0.750. The smallest absolute Gasteiger partial charge is 0.410 e. The first-order valence-electron chi connectivity index (χ1n) is 7.88. The number of carbonyl (C=O) groups excluding carboxylic acids is 1. The van der Waals surface area contributed by atoms with Gasteiger partial charge in [-0.3, -0.25) is 0 Å². The topological polar surface area (TPSA) is 63.7 Å². The minimum absolute atomic E-state index is 0.0433. The van der Waals surface area contributed by atoms with E-state index in [9.17, 15) is 4.79 Å². The highest BCUT2D eigenvalue weighted by Gasteiger charge is 2.38. The number of hydrogen-bond donors (Lipinski definition) is 1. The van der Waals surface area contributed by atoms with E-state index in [1.165, 1.54) is 4.88 Å². The molecule has 0 spiro atoms. The van der Waals surface area contributed by atoms with Crippen LogP contribution in [0.25, 0.3) is 0 Å². The molecule has 3 atom stereocenters. The first kappa shape index (κ1) is 18.2. The molecule has 1 amide bonds. The second-order valence-corrected chi connectivity index (χ2v) is 7.84. The van der Waals surface area contributed by atoms with Gasteiger partial charge in [0.1, 0.15) is 5.60 Å². The van der Waals surface area contributed by atoms with Crippen LogP contribution in [0.3, 0.4) is 0 Å². The molecule has 2 unspecified atom stereocenters. The minimum Gasteiger partial charge on any atom is -0.444 e. The summed E-state index contributed by atoms with van der Waals surface area (Å²) < 4.78 is 11.0. The Morgan fingerprint density at radius 2 is 2.17 bits per heavy atom. The summed E-state index contributed by atoms with van der Waals surface area (Å²) in [6, 6.07) is 0.243. The lowest BCUT2D eigenvalue weighted by Crippen LogP contribution is -2.41. The zero-order valence-electron chi connectivity index (χ0n) is 14.8. The molecule has 1 aromatic heterocycles. The summed E-state index contributed by atoms with van der Waals surface area (Å²) in [4.78, 5) is 19.5. The Kier molecular flexibility index (Phi) is 5.65. The number of nitrogens with zero attached hydrogens (tertiary/aromatic N) is 2. The van der Waals surface area contributed by atoms with Gasteiger partial charge in [0.2, 0.25) is 0 Å². The molecule has 0 saturated carbocycles. The van der Waals surface area contributed by atoms with Crippen molar-refractivity contribution in [2.45, 2.75) is 58.4 Å². The predicted molar refractivity (Wildman–Crippen MR) is 90.8 cm³/mol. The van der Waals surface area contributed by atoms with Crippen LogP contribution < -0.4 is 5.32 Å². The van der Waals surface area contributed by atoms with Gasteiger partial charge in [-0.15, -0.1) is 11.3 Å². The quantitative estimate of drug-likeness (QED) is 0.912. The maximum absolute atomic E-state index is 12.2. The molecule has 2 rings (SSSR count). The average Bonchev–Trinajstić information content (AvgIpc) is 3.03. The van der Waals surface area contributed by atoms with Gasteiger partial charge in [-0.25, -0.2) is 9.78 Å². The van der Waals surface area contributed by atoms with Crippen molar-refractivity contribution in [3.63, 3.8) is 0 Å². The van der Waals surface area contributed by atoms with Gasteiger partial charge in [0.05, 0.1) is 29.9 Å². The lowest BCUT2D eigenvalue weighted by Gasteiger charge is -2.24. The highest BCUT2D eigenvalue weighted by atomic mass is 32.1. The van der Waals surface area contributed by atoms with Crippen molar-refractivity contribution in [2.24, 2.45) is 0 Å². The normalized spacial score (nSPS) is 23.1. The van der Waals surface area contributed by atoms with Crippen LogP contribution in [0, 0.1) is 6.92 Å². The monoisotopic (exact) mass is 341 g/mol. The standard InChI is InChI=1S/C16H27N3O3S/c1-10-14(23-9-17-10)11(2)18-12-7-19(8-13(12)21-6)15(20)22-16(3,4)5/h9,11-13,18H,7-8H2,1-6H3/t11?,12?,13-/m0/s1. The number of ether oxygens (including phenoxy) is 2. The fourth-order valence-corrected chi connectivity index (χ4v) is 3.59. The molecular weight excluding hydrogens is 314 g/mol. The Balaban J connectivity index is 1.99. The Bertz CT molecular complexity index is 541. The molecule has 1 aliphatic rings. The molecule has 0 bridgehead atoms. The second-order valence-electron chi connectivity index (χ2n) is 6.96. The number of methoxy groups -OCH3 is 1. The third-order valence-corrected chi connectivity index (χ3v) is 4.97. The highest BCUT2D eigenvalue weighted by molar-refractivity contribution is 7.09. The van der Waals surface area contributed by atoms with Gasteiger partial charge in [0.25, 0.3) is 0 Å². The van der Waals surface area contributed by atoms with E-state index in [1.54, 1.807) is 23.3 Å². The summed E-state index contributed by atoms with van der Waals surface area (Å²) in [5.41, 5.74) is 2.42. The molecule has 6 nitrogen and oxygen atoms in total. The summed E-state index contributed by atoms with van der Waals surface area (Å²) >= 11 is 1.65. The molecular formula is C16H27N3O3S. The predicted octanol–water partition coefficient (Wildman–Crippen LogP) is 2.74. The largest absolute Gasteiger partial charge is 0.444 e. The van der Waals surface area contributed by atoms with E-state index < -0.39 is 5.60 Å². The first-order chi connectivity index (χ1) is 10.7. The molecule has 0 radical (unpaired) electrons. The molecule has 7 heteroatoms. The summed E-state index contributed by atoms with van der Waals surface area (Å²) in [7, 11) is 1.68. The van der Waals surface area contributed by atoms with Gasteiger partial charge < -0.3 is 19.7 Å². The minimum atomic E-state index is -0.488. The number of aromatic nitrogens is 1. The van der Waals surface area contributed by atoms with Gasteiger partial charge in [0.15, 0.2) is 0 Å². The van der Waals surface area contributed by atoms with E-state index in [4.69, 9.17) is 9.47 Å². The van der Waals surface area contributed by atoms with E-state index in [0.717, 1.165) is 5.69 Å². The number of hydrogen-bond acceptors (Lipinski definition) is 6. The van der Waals surface area contributed by atoms with E-state index in [0.29, 0.717) is 13.1 Å². The molecule has 23 heavy (non-hydrogen) atoms. The highest BCUT2D eigenvalue weighted by Crippen LogP contribution is 2.24. The summed E-state index contributed by atoms with van der Waals surface area (Å²) in [5, 5.41) is 3.57. The fourth-order valence-electron chi connectivity index (χ4n) is 2.77. The van der Waals surface area contributed by atoms with Crippen molar-refractivity contribution in [3.8, 4) is 0 Å². The van der Waals surface area contributed by atoms with Crippen LogP contribution in [0.2, 0.25) is 0 Å². The van der Waals surface area contributed by atoms with Crippen LogP contribution in [0.4, 0.5) is 4.79 Å². The first-order valence-corrected chi connectivity index (χ1v) is 8.76. The van der Waals surface area contributed by atoms with E-state index in [2.05, 4.69) is 17.2 Å². The van der Waals surface area contributed by atoms with Crippen molar-refractivity contribution in [1.82, 2.24) is 15.2 Å². The number of rotatable bonds is 4. The van der Waals surface area contributed by atoms with Crippen molar-refractivity contribution in [1.29, 1.82) is 0 Å². The lowest BCUT2D eigenvalue weighted by atomic mass is 10.1. The van der Waals surface area contributed by atoms with Crippen molar-refractivity contribution in [2.75, 3.05) is 20.2 Å². The van der Waals surface area contributed by atoms with Crippen molar-refractivity contribution in [3.05, 3.63) is 16.1 Å². The maximum atomic E-state index is 12.2. The number of aryl methyl sites for hydroxylation is 1. The maximum Gasteiger partial charge on any atom is 0.410 e. The average molecular weight is 341 g/mol. The molecule has 1 aromatic rings. The Morgan fingerprint density at radius 3 is 2.70 bits per heavy atom. The summed E-state index contributed by atoms with van der Waals surface area (Å²) in [6.45, 7) is 10.9. The van der Waals surface area contributed by atoms with Gasteiger partial charge in [0, 0.05) is 24.6 Å². The van der Waals surface area contributed by atoms with Crippen molar-refractivity contribution < 1.29 is 14.3 Å². The number of amides is 1. The molecule has 0 aliphatic carbocycles. The number of likely N-dealkylation sites (tertiary alicyclic amines) is 1. The zero-order valence-corrected chi connectivity index (χ0v) is 15.6. The van der Waals surface area contributed by atoms with E-state index in [1.807, 2.05) is 33.2 Å². The molecule has 1 N–H and O–H groups in total. The molecule has 1 aliphatic heterocycles. The van der Waals surface area contributed by atoms with Crippen LogP contribution >= 0.6 is 11.3 Å². The summed E-state index contributed by atoms with van der Waals surface area (Å²) in [5.74, 6) is 0. The SMILES string of the molecule is CO[C@H]1CN(C(=O)OC(C)(C)C)CC1NC(C)c1scnc1C. The molecule has 1 saturated heterocycles. The molecule has 1 fully saturated rings. The van der Waals surface area contributed by atoms with Gasteiger partial charge in [-0.2, -0.15) is 0 Å². The van der Waals surface area contributed by atoms with Crippen LogP contribution in [-0.2, 0) is 9.47 Å². The van der Waals surface area contributed by atoms with Gasteiger partial charge in [-0.05, 0) is 34.6 Å². The van der Waals surface area contributed by atoms with E-state index in [-0.39, 0.29) is 24.3 Å². The Morgan fingerprint density at radius 1 is 1.48 bits per heavy atom. The van der Waals surface area contributed by atoms with Crippen molar-refractivity contribution >= 4 is 17.4 Å². The van der Waals surface area contributed by atoms with E-state index >= 15 is 0 Å². The Labute approximate surface area is 142 Å². The Hall–Kier alpha value is -1.18. The van der Waals surface area contributed by atoms with Gasteiger partial charge in [-0.1, -0.05) is 0 Å². The number of nitrogens with one attached hydrogen (secondary N) is 1. The van der Waals surface area contributed by atoms with Crippen LogP contribution in [0.1, 0.15) is 44.3 Å². The number of carbonyl (C=O) groups is 1. The van der Waals surface area contributed by atoms with Crippen LogP contribution in [-0.4, -0.2) is 53.9 Å². The molecule has 2 heterocycles. The summed E-state index contributed by atoms with van der Waals surface area (Å²) in [6.07, 6.45) is -0.330. The molecule has 0 aromatic carbocycles. The zero-order chi connectivity index (χ0) is 17.2. The third kappa shape index (κ3) is 4.65. The number of thiazole rings is 1. The third-order valence-electron chi connectivity index (χ3n) is 3.86.